The average molecular weight is 290 g/mol. The summed E-state index contributed by atoms with van der Waals surface area (Å²) in [5.74, 6) is 0.198. The minimum atomic E-state index is -3.55. The fourth-order valence-electron chi connectivity index (χ4n) is 1.21. The van der Waals surface area contributed by atoms with Gasteiger partial charge >= 0.3 is 0 Å². The number of hydrogen-bond donors (Lipinski definition) is 2. The van der Waals surface area contributed by atoms with Gasteiger partial charge in [0.25, 0.3) is 10.0 Å². The first-order valence-corrected chi connectivity index (χ1v) is 8.08. The Hall–Kier alpha value is -0.920. The van der Waals surface area contributed by atoms with Crippen LogP contribution in [0.1, 0.15) is 20.3 Å². The van der Waals surface area contributed by atoms with Gasteiger partial charge in [0.15, 0.2) is 0 Å². The van der Waals surface area contributed by atoms with Crippen molar-refractivity contribution >= 4 is 27.3 Å². The quantitative estimate of drug-likeness (QED) is 0.792. The summed E-state index contributed by atoms with van der Waals surface area (Å²) < 4.78 is 25.9. The van der Waals surface area contributed by atoms with E-state index in [1.165, 1.54) is 6.07 Å². The molecule has 1 aromatic rings. The highest BCUT2D eigenvalue weighted by Gasteiger charge is 2.15. The van der Waals surface area contributed by atoms with E-state index in [2.05, 4.69) is 23.9 Å². The average Bonchev–Trinajstić information content (AvgIpc) is 2.80. The molecule has 0 aliphatic rings. The molecule has 0 aliphatic heterocycles. The Morgan fingerprint density at radius 2 is 2.17 bits per heavy atom. The van der Waals surface area contributed by atoms with Crippen molar-refractivity contribution in [3.63, 3.8) is 0 Å². The van der Waals surface area contributed by atoms with E-state index in [1.54, 1.807) is 11.4 Å². The summed E-state index contributed by atoms with van der Waals surface area (Å²) in [6, 6.07) is 3.16. The topological polar surface area (TPSA) is 75.3 Å². The van der Waals surface area contributed by atoms with Crippen molar-refractivity contribution in [2.45, 2.75) is 24.5 Å². The zero-order chi connectivity index (χ0) is 13.6. The highest BCUT2D eigenvalue weighted by molar-refractivity contribution is 7.91. The Morgan fingerprint density at radius 3 is 2.72 bits per heavy atom. The van der Waals surface area contributed by atoms with Crippen LogP contribution in [0.15, 0.2) is 21.7 Å². The van der Waals surface area contributed by atoms with E-state index in [4.69, 9.17) is 0 Å². The van der Waals surface area contributed by atoms with Gasteiger partial charge in [-0.1, -0.05) is 19.9 Å². The smallest absolute Gasteiger partial charge is 0.250 e. The molecular weight excluding hydrogens is 272 g/mol. The van der Waals surface area contributed by atoms with E-state index in [1.807, 2.05) is 0 Å². The molecule has 2 N–H and O–H groups in total. The van der Waals surface area contributed by atoms with Crippen LogP contribution in [0.25, 0.3) is 0 Å². The van der Waals surface area contributed by atoms with Gasteiger partial charge in [0.1, 0.15) is 4.21 Å². The van der Waals surface area contributed by atoms with Crippen LogP contribution in [0.5, 0.6) is 0 Å². The summed E-state index contributed by atoms with van der Waals surface area (Å²) in [7, 11) is -3.55. The summed E-state index contributed by atoms with van der Waals surface area (Å²) in [5, 5.41) is 4.35. The van der Waals surface area contributed by atoms with Crippen molar-refractivity contribution < 1.29 is 13.2 Å². The number of thiophene rings is 1. The van der Waals surface area contributed by atoms with E-state index < -0.39 is 10.0 Å². The van der Waals surface area contributed by atoms with Crippen molar-refractivity contribution in [2.24, 2.45) is 5.92 Å². The molecule has 1 aromatic heterocycles. The van der Waals surface area contributed by atoms with E-state index in [9.17, 15) is 13.2 Å². The van der Waals surface area contributed by atoms with Gasteiger partial charge in [-0.05, 0) is 23.8 Å². The minimum absolute atomic E-state index is 0.220. The van der Waals surface area contributed by atoms with Crippen LogP contribution in [0.3, 0.4) is 0 Å². The molecule has 0 bridgehead atoms. The second-order valence-electron chi connectivity index (χ2n) is 4.29. The predicted molar refractivity (Wildman–Crippen MR) is 72.0 cm³/mol. The molecule has 0 saturated heterocycles. The van der Waals surface area contributed by atoms with E-state index >= 15 is 0 Å². The second kappa shape index (κ2) is 6.86. The maximum atomic E-state index is 11.7. The fourth-order valence-corrected chi connectivity index (χ4v) is 3.23. The van der Waals surface area contributed by atoms with Crippen LogP contribution >= 0.6 is 11.3 Å². The molecular formula is C11H18N2O3S2. The van der Waals surface area contributed by atoms with Gasteiger partial charge in [0, 0.05) is 6.54 Å². The molecule has 1 amide bonds. The Morgan fingerprint density at radius 1 is 1.44 bits per heavy atom. The van der Waals surface area contributed by atoms with Crippen molar-refractivity contribution in [1.82, 2.24) is 10.0 Å². The van der Waals surface area contributed by atoms with Gasteiger partial charge in [-0.2, -0.15) is 0 Å². The zero-order valence-corrected chi connectivity index (χ0v) is 12.1. The molecule has 0 fully saturated rings. The lowest BCUT2D eigenvalue weighted by Crippen LogP contribution is -2.37. The van der Waals surface area contributed by atoms with Crippen LogP contribution in [0.4, 0.5) is 0 Å². The van der Waals surface area contributed by atoms with E-state index in [0.29, 0.717) is 12.5 Å². The van der Waals surface area contributed by atoms with Crippen LogP contribution in [0.2, 0.25) is 0 Å². The van der Waals surface area contributed by atoms with Crippen LogP contribution in [0, 0.1) is 5.92 Å². The number of nitrogens with one attached hydrogen (secondary N) is 2. The molecule has 0 aromatic carbocycles. The predicted octanol–water partition coefficient (Wildman–Crippen LogP) is 1.19. The van der Waals surface area contributed by atoms with Crippen LogP contribution < -0.4 is 10.0 Å². The molecule has 102 valence electrons. The minimum Gasteiger partial charge on any atom is -0.355 e. The summed E-state index contributed by atoms with van der Waals surface area (Å²) >= 11 is 1.12. The lowest BCUT2D eigenvalue weighted by Gasteiger charge is -2.08. The molecule has 0 unspecified atom stereocenters. The zero-order valence-electron chi connectivity index (χ0n) is 10.5. The summed E-state index contributed by atoms with van der Waals surface area (Å²) in [6.07, 6.45) is 0.878. The highest BCUT2D eigenvalue weighted by atomic mass is 32.2. The molecule has 1 heterocycles. The monoisotopic (exact) mass is 290 g/mol. The number of amides is 1. The van der Waals surface area contributed by atoms with Crippen LogP contribution in [-0.4, -0.2) is 27.4 Å². The third-order valence-corrected chi connectivity index (χ3v) is 5.03. The Kier molecular flexibility index (Phi) is 5.77. The van der Waals surface area contributed by atoms with E-state index in [0.717, 1.165) is 17.8 Å². The second-order valence-corrected chi connectivity index (χ2v) is 7.23. The van der Waals surface area contributed by atoms with Crippen molar-refractivity contribution in [3.05, 3.63) is 17.5 Å². The molecule has 5 nitrogen and oxygen atoms in total. The summed E-state index contributed by atoms with van der Waals surface area (Å²) in [4.78, 5) is 11.4. The Labute approximate surface area is 112 Å². The van der Waals surface area contributed by atoms with Crippen molar-refractivity contribution in [2.75, 3.05) is 13.1 Å². The first-order chi connectivity index (χ1) is 8.42. The van der Waals surface area contributed by atoms with Crippen LogP contribution in [-0.2, 0) is 14.8 Å². The normalized spacial score (nSPS) is 11.7. The molecule has 0 radical (unpaired) electrons. The van der Waals surface area contributed by atoms with Gasteiger partial charge in [-0.25, -0.2) is 13.1 Å². The molecule has 7 heteroatoms. The van der Waals surface area contributed by atoms with Gasteiger partial charge in [0.05, 0.1) is 6.54 Å². The molecule has 0 spiro atoms. The number of hydrogen-bond acceptors (Lipinski definition) is 4. The van der Waals surface area contributed by atoms with Crippen molar-refractivity contribution in [1.29, 1.82) is 0 Å². The maximum absolute atomic E-state index is 11.7. The SMILES string of the molecule is CC(C)CCNC(=O)CNS(=O)(=O)c1cccs1. The standard InChI is InChI=1S/C11H18N2O3S2/c1-9(2)5-6-12-10(14)8-13-18(15,16)11-4-3-7-17-11/h3-4,7,9,13H,5-6,8H2,1-2H3,(H,12,14). The van der Waals surface area contributed by atoms with E-state index in [-0.39, 0.29) is 16.7 Å². The Bertz CT molecular complexity index is 466. The van der Waals surface area contributed by atoms with Gasteiger partial charge in [0.2, 0.25) is 5.91 Å². The molecule has 0 saturated carbocycles. The van der Waals surface area contributed by atoms with Gasteiger partial charge in [-0.15, -0.1) is 11.3 Å². The lowest BCUT2D eigenvalue weighted by molar-refractivity contribution is -0.119. The largest absolute Gasteiger partial charge is 0.355 e. The first kappa shape index (κ1) is 15.1. The van der Waals surface area contributed by atoms with Gasteiger partial charge in [-0.3, -0.25) is 4.79 Å². The molecule has 1 rings (SSSR count). The summed E-state index contributed by atoms with van der Waals surface area (Å²) in [6.45, 7) is 4.47. The highest BCUT2D eigenvalue weighted by Crippen LogP contribution is 2.14. The number of carbonyl (C=O) groups excluding carboxylic acids is 1. The third-order valence-electron chi connectivity index (χ3n) is 2.23. The third kappa shape index (κ3) is 5.16. The molecule has 0 atom stereocenters. The molecule has 0 aliphatic carbocycles. The molecule has 18 heavy (non-hydrogen) atoms. The number of carbonyl (C=O) groups is 1. The Balaban J connectivity index is 2.35. The lowest BCUT2D eigenvalue weighted by atomic mass is 10.1. The maximum Gasteiger partial charge on any atom is 0.250 e. The first-order valence-electron chi connectivity index (χ1n) is 5.71. The fraction of sp³-hybridized carbons (Fsp3) is 0.545. The number of rotatable bonds is 7. The van der Waals surface area contributed by atoms with Gasteiger partial charge < -0.3 is 5.32 Å². The van der Waals surface area contributed by atoms with Crippen molar-refractivity contribution in [3.8, 4) is 0 Å². The number of sulfonamides is 1. The summed E-state index contributed by atoms with van der Waals surface area (Å²) in [5.41, 5.74) is 0.